The Kier molecular flexibility index (Phi) is 3.84. The summed E-state index contributed by atoms with van der Waals surface area (Å²) in [7, 11) is 0. The van der Waals surface area contributed by atoms with Crippen molar-refractivity contribution in [1.29, 1.82) is 0 Å². The van der Waals surface area contributed by atoms with E-state index in [0.29, 0.717) is 28.7 Å². The molecule has 0 saturated carbocycles. The van der Waals surface area contributed by atoms with Gasteiger partial charge in [0.1, 0.15) is 11.4 Å². The van der Waals surface area contributed by atoms with Gasteiger partial charge < -0.3 is 4.84 Å². The van der Waals surface area contributed by atoms with Crippen molar-refractivity contribution >= 4 is 17.8 Å². The summed E-state index contributed by atoms with van der Waals surface area (Å²) in [6.07, 6.45) is 0.634. The third-order valence-electron chi connectivity index (χ3n) is 3.77. The number of benzene rings is 1. The van der Waals surface area contributed by atoms with Gasteiger partial charge in [0.05, 0.1) is 22.5 Å². The highest BCUT2D eigenvalue weighted by molar-refractivity contribution is 6.21. The molecule has 1 aliphatic rings. The van der Waals surface area contributed by atoms with Gasteiger partial charge in [0.25, 0.3) is 11.8 Å². The van der Waals surface area contributed by atoms with Crippen molar-refractivity contribution < 1.29 is 19.2 Å². The van der Waals surface area contributed by atoms with Gasteiger partial charge in [-0.25, -0.2) is 14.8 Å². The summed E-state index contributed by atoms with van der Waals surface area (Å²) in [5.41, 5.74) is 1.47. The van der Waals surface area contributed by atoms with Crippen molar-refractivity contribution in [3.63, 3.8) is 0 Å². The number of amides is 2. The van der Waals surface area contributed by atoms with Crippen molar-refractivity contribution in [1.82, 2.24) is 15.0 Å². The van der Waals surface area contributed by atoms with Gasteiger partial charge in [-0.2, -0.15) is 0 Å². The Labute approximate surface area is 138 Å². The number of hydrogen-bond acceptors (Lipinski definition) is 6. The largest absolute Gasteiger partial charge is 0.367 e. The summed E-state index contributed by atoms with van der Waals surface area (Å²) in [6.45, 7) is 5.23. The van der Waals surface area contributed by atoms with Crippen LogP contribution in [0.4, 0.5) is 0 Å². The second kappa shape index (κ2) is 5.84. The van der Waals surface area contributed by atoms with Crippen LogP contribution in [0.1, 0.15) is 55.2 Å². The zero-order valence-electron chi connectivity index (χ0n) is 13.5. The Morgan fingerprint density at radius 2 is 1.54 bits per heavy atom. The van der Waals surface area contributed by atoms with E-state index in [9.17, 15) is 14.4 Å². The molecule has 1 aromatic carbocycles. The summed E-state index contributed by atoms with van der Waals surface area (Å²) in [5.74, 6) is -1.54. The predicted molar refractivity (Wildman–Crippen MR) is 83.2 cm³/mol. The first-order chi connectivity index (χ1) is 11.4. The molecule has 0 fully saturated rings. The monoisotopic (exact) mass is 325 g/mol. The Bertz CT molecular complexity index is 818. The number of imide groups is 1. The van der Waals surface area contributed by atoms with E-state index < -0.39 is 17.8 Å². The van der Waals surface area contributed by atoms with Crippen molar-refractivity contribution in [3.8, 4) is 0 Å². The van der Waals surface area contributed by atoms with Gasteiger partial charge in [-0.3, -0.25) is 9.59 Å². The fourth-order valence-electron chi connectivity index (χ4n) is 2.62. The van der Waals surface area contributed by atoms with Crippen LogP contribution in [-0.4, -0.2) is 32.8 Å². The molecule has 0 radical (unpaired) electrons. The van der Waals surface area contributed by atoms with Crippen LogP contribution in [0.15, 0.2) is 24.3 Å². The molecule has 1 aliphatic heterocycles. The molecule has 2 aromatic rings. The van der Waals surface area contributed by atoms with Crippen LogP contribution < -0.4 is 0 Å². The lowest BCUT2D eigenvalue weighted by Gasteiger charge is -2.14. The van der Waals surface area contributed by atoms with Gasteiger partial charge >= 0.3 is 5.97 Å². The first kappa shape index (κ1) is 15.8. The van der Waals surface area contributed by atoms with Crippen molar-refractivity contribution in [2.75, 3.05) is 0 Å². The summed E-state index contributed by atoms with van der Waals surface area (Å²) in [6, 6.07) is 6.31. The van der Waals surface area contributed by atoms with E-state index in [4.69, 9.17) is 4.84 Å². The molecule has 0 unspecified atom stereocenters. The fourth-order valence-corrected chi connectivity index (χ4v) is 2.62. The van der Waals surface area contributed by atoms with Gasteiger partial charge in [-0.05, 0) is 26.0 Å². The molecular weight excluding hydrogens is 310 g/mol. The molecule has 7 heteroatoms. The molecule has 0 atom stereocenters. The minimum atomic E-state index is -0.831. The van der Waals surface area contributed by atoms with Crippen LogP contribution in [-0.2, 0) is 11.3 Å². The summed E-state index contributed by atoms with van der Waals surface area (Å²) < 4.78 is 0. The van der Waals surface area contributed by atoms with E-state index in [1.807, 2.05) is 6.92 Å². The summed E-state index contributed by atoms with van der Waals surface area (Å²) in [5, 5.41) is 0.486. The topological polar surface area (TPSA) is 89.5 Å². The Morgan fingerprint density at radius 3 is 2.00 bits per heavy atom. The van der Waals surface area contributed by atoms with Crippen LogP contribution >= 0.6 is 0 Å². The maximum atomic E-state index is 12.4. The zero-order valence-corrected chi connectivity index (χ0v) is 13.5. The van der Waals surface area contributed by atoms with E-state index in [1.165, 1.54) is 12.1 Å². The number of carbonyl (C=O) groups is 3. The molecule has 1 aromatic heterocycles. The van der Waals surface area contributed by atoms with E-state index in [2.05, 4.69) is 9.97 Å². The molecule has 0 spiro atoms. The maximum Gasteiger partial charge on any atom is 0.367 e. The smallest absolute Gasteiger partial charge is 0.324 e. The second-order valence-electron chi connectivity index (χ2n) is 5.37. The molecule has 7 nitrogen and oxygen atoms in total. The lowest BCUT2D eigenvalue weighted by atomic mass is 10.1. The van der Waals surface area contributed by atoms with Gasteiger partial charge in [-0.1, -0.05) is 24.1 Å². The third-order valence-corrected chi connectivity index (χ3v) is 3.77. The van der Waals surface area contributed by atoms with Crippen molar-refractivity contribution in [2.24, 2.45) is 0 Å². The predicted octanol–water partition coefficient (Wildman–Crippen LogP) is 2.02. The average molecular weight is 325 g/mol. The molecular formula is C17H15N3O4. The molecule has 2 amide bonds. The molecule has 0 saturated heterocycles. The average Bonchev–Trinajstić information content (AvgIpc) is 2.79. The molecule has 3 rings (SSSR count). The van der Waals surface area contributed by atoms with Crippen LogP contribution in [0.25, 0.3) is 0 Å². The quantitative estimate of drug-likeness (QED) is 0.802. The van der Waals surface area contributed by atoms with Gasteiger partial charge in [-0.15, -0.1) is 0 Å². The first-order valence-electron chi connectivity index (χ1n) is 7.48. The first-order valence-corrected chi connectivity index (χ1v) is 7.48. The number of fused-ring (bicyclic) bond motifs is 1. The number of carbonyl (C=O) groups excluding carboxylic acids is 3. The Hall–Kier alpha value is -3.09. The van der Waals surface area contributed by atoms with Gasteiger partial charge in [0.15, 0.2) is 0 Å². The molecule has 2 heterocycles. The van der Waals surface area contributed by atoms with E-state index >= 15 is 0 Å². The number of aromatic nitrogens is 2. The van der Waals surface area contributed by atoms with Crippen molar-refractivity contribution in [3.05, 3.63) is 58.2 Å². The SMILES string of the molecule is CCc1nc(C)c(C(=O)ON2C(=O)c3ccccc3C2=O)c(C)n1. The van der Waals surface area contributed by atoms with Crippen LogP contribution in [0.3, 0.4) is 0 Å². The zero-order chi connectivity index (χ0) is 17.4. The fraction of sp³-hybridized carbons (Fsp3) is 0.235. The van der Waals surface area contributed by atoms with Crippen molar-refractivity contribution in [2.45, 2.75) is 27.2 Å². The number of rotatable bonds is 3. The molecule has 24 heavy (non-hydrogen) atoms. The van der Waals surface area contributed by atoms with E-state index in [-0.39, 0.29) is 16.7 Å². The molecule has 0 aliphatic carbocycles. The molecule has 0 bridgehead atoms. The highest BCUT2D eigenvalue weighted by atomic mass is 16.7. The number of hydroxylamine groups is 2. The third kappa shape index (κ3) is 2.44. The maximum absolute atomic E-state index is 12.4. The highest BCUT2D eigenvalue weighted by Gasteiger charge is 2.39. The lowest BCUT2D eigenvalue weighted by Crippen LogP contribution is -2.33. The minimum Gasteiger partial charge on any atom is -0.324 e. The highest BCUT2D eigenvalue weighted by Crippen LogP contribution is 2.24. The Balaban J connectivity index is 1.90. The van der Waals surface area contributed by atoms with E-state index in [1.54, 1.807) is 26.0 Å². The standard InChI is InChI=1S/C17H15N3O4/c1-4-13-18-9(2)14(10(3)19-13)17(23)24-20-15(21)11-7-5-6-8-12(11)16(20)22/h5-8H,4H2,1-3H3. The minimum absolute atomic E-state index is 0.156. The van der Waals surface area contributed by atoms with E-state index in [0.717, 1.165) is 0 Å². The van der Waals surface area contributed by atoms with Crippen LogP contribution in [0, 0.1) is 13.8 Å². The second-order valence-corrected chi connectivity index (χ2v) is 5.37. The number of nitrogens with zero attached hydrogens (tertiary/aromatic N) is 3. The number of aryl methyl sites for hydroxylation is 3. The summed E-state index contributed by atoms with van der Waals surface area (Å²) in [4.78, 5) is 50.4. The van der Waals surface area contributed by atoms with Gasteiger partial charge in [0.2, 0.25) is 0 Å². The Morgan fingerprint density at radius 1 is 1.04 bits per heavy atom. The molecule has 0 N–H and O–H groups in total. The van der Waals surface area contributed by atoms with Crippen LogP contribution in [0.2, 0.25) is 0 Å². The van der Waals surface area contributed by atoms with Crippen LogP contribution in [0.5, 0.6) is 0 Å². The van der Waals surface area contributed by atoms with Gasteiger partial charge in [0, 0.05) is 6.42 Å². The molecule has 122 valence electrons. The lowest BCUT2D eigenvalue weighted by molar-refractivity contribution is -0.0586. The summed E-state index contributed by atoms with van der Waals surface area (Å²) >= 11 is 0. The normalized spacial score (nSPS) is 13.2. The number of hydrogen-bond donors (Lipinski definition) is 0.